The fourth-order valence-electron chi connectivity index (χ4n) is 13.2. The third-order valence-corrected chi connectivity index (χ3v) is 14.9. The first-order valence-corrected chi connectivity index (χ1v) is 18.7. The molecule has 0 heterocycles. The molecule has 218 valence electrons. The van der Waals surface area contributed by atoms with Crippen LogP contribution in [-0.2, 0) is 0 Å². The maximum Gasteiger partial charge on any atom is -0.0238 e. The molecule has 0 aromatic heterocycles. The van der Waals surface area contributed by atoms with Gasteiger partial charge in [0, 0.05) is 0 Å². The molecule has 0 N–H and O–H groups in total. The zero-order valence-corrected chi connectivity index (χ0v) is 26.1. The molecule has 0 aliphatic heterocycles. The Balaban J connectivity index is 1.34. The summed E-state index contributed by atoms with van der Waals surface area (Å²) in [6.45, 7) is 7.37. The second kappa shape index (κ2) is 12.5. The van der Waals surface area contributed by atoms with Crippen molar-refractivity contribution in [2.75, 3.05) is 0 Å². The van der Waals surface area contributed by atoms with Gasteiger partial charge in [0.2, 0.25) is 0 Å². The van der Waals surface area contributed by atoms with Gasteiger partial charge in [0.05, 0.1) is 0 Å². The van der Waals surface area contributed by atoms with Gasteiger partial charge in [0.1, 0.15) is 0 Å². The molecule has 2 bridgehead atoms. The summed E-state index contributed by atoms with van der Waals surface area (Å²) in [5.74, 6) is 12.0. The van der Waals surface area contributed by atoms with Crippen molar-refractivity contribution >= 4 is 0 Å². The van der Waals surface area contributed by atoms with Crippen LogP contribution in [0.3, 0.4) is 0 Å². The van der Waals surface area contributed by atoms with E-state index in [9.17, 15) is 0 Å². The molecule has 6 rings (SSSR count). The minimum Gasteiger partial charge on any atom is -0.0654 e. The first-order valence-electron chi connectivity index (χ1n) is 18.7. The molecule has 6 aliphatic carbocycles. The highest BCUT2D eigenvalue weighted by Gasteiger charge is 2.56. The average molecular weight is 523 g/mol. The van der Waals surface area contributed by atoms with Gasteiger partial charge in [-0.15, -0.1) is 0 Å². The van der Waals surface area contributed by atoms with Gasteiger partial charge < -0.3 is 0 Å². The van der Waals surface area contributed by atoms with Crippen molar-refractivity contribution in [2.24, 2.45) is 70.5 Å². The monoisotopic (exact) mass is 523 g/mol. The van der Waals surface area contributed by atoms with Gasteiger partial charge in [0.15, 0.2) is 0 Å². The predicted octanol–water partition coefficient (Wildman–Crippen LogP) is 11.9. The van der Waals surface area contributed by atoms with E-state index < -0.39 is 0 Å². The molecule has 0 nitrogen and oxygen atoms in total. The normalized spacial score (nSPS) is 48.6. The Morgan fingerprint density at radius 2 is 1.18 bits per heavy atom. The summed E-state index contributed by atoms with van der Waals surface area (Å²) in [5.41, 5.74) is 0.752. The molecule has 12 atom stereocenters. The van der Waals surface area contributed by atoms with Gasteiger partial charge in [0.25, 0.3) is 0 Å². The van der Waals surface area contributed by atoms with E-state index >= 15 is 0 Å². The van der Waals surface area contributed by atoms with Crippen molar-refractivity contribution < 1.29 is 0 Å². The Morgan fingerprint density at radius 1 is 0.526 bits per heavy atom. The second-order valence-electron chi connectivity index (χ2n) is 16.4. The van der Waals surface area contributed by atoms with E-state index in [0.29, 0.717) is 0 Å². The van der Waals surface area contributed by atoms with E-state index in [2.05, 4.69) is 20.8 Å². The first kappa shape index (κ1) is 28.1. The molecule has 0 unspecified atom stereocenters. The van der Waals surface area contributed by atoms with Gasteiger partial charge in [-0.2, -0.15) is 0 Å². The van der Waals surface area contributed by atoms with Crippen molar-refractivity contribution in [1.82, 2.24) is 0 Å². The smallest absolute Gasteiger partial charge is 0.0238 e. The highest BCUT2D eigenvalue weighted by Crippen LogP contribution is 2.65. The molecule has 38 heavy (non-hydrogen) atoms. The Kier molecular flexibility index (Phi) is 9.24. The summed E-state index contributed by atoms with van der Waals surface area (Å²) in [7, 11) is 0. The lowest BCUT2D eigenvalue weighted by atomic mass is 9.59. The summed E-state index contributed by atoms with van der Waals surface area (Å²) < 4.78 is 0. The van der Waals surface area contributed by atoms with Crippen molar-refractivity contribution in [3.63, 3.8) is 0 Å². The van der Waals surface area contributed by atoms with E-state index in [-0.39, 0.29) is 0 Å². The zero-order chi connectivity index (χ0) is 26.1. The maximum absolute atomic E-state index is 2.48. The molecular weight excluding hydrogens is 456 g/mol. The quantitative estimate of drug-likeness (QED) is 0.297. The van der Waals surface area contributed by atoms with Crippen molar-refractivity contribution in [3.05, 3.63) is 0 Å². The Morgan fingerprint density at radius 3 is 1.95 bits per heavy atom. The number of hydrogen-bond acceptors (Lipinski definition) is 0. The molecular formula is C38H66. The van der Waals surface area contributed by atoms with Gasteiger partial charge >= 0.3 is 0 Å². The van der Waals surface area contributed by atoms with Crippen LogP contribution in [0.5, 0.6) is 0 Å². The van der Waals surface area contributed by atoms with Crippen LogP contribution in [-0.4, -0.2) is 0 Å². The molecule has 0 aromatic carbocycles. The Labute approximate surface area is 238 Å². The predicted molar refractivity (Wildman–Crippen MR) is 164 cm³/mol. The van der Waals surface area contributed by atoms with E-state index in [1.54, 1.807) is 116 Å². The summed E-state index contributed by atoms with van der Waals surface area (Å²) in [6, 6.07) is 0. The van der Waals surface area contributed by atoms with E-state index in [0.717, 1.165) is 70.5 Å². The van der Waals surface area contributed by atoms with Gasteiger partial charge in [-0.05, 0) is 160 Å². The fraction of sp³-hybridized carbons (Fsp3) is 1.00. The number of unbranched alkanes of at least 4 members (excludes halogenated alkanes) is 2. The molecule has 0 aromatic rings. The SMILES string of the molecule is CCCC[C@H]1CC[C@H]2C[C@H]3CC[C@@H](CCCC)[C@]34CCC[C@H]3CC[C@@H](C[C@H]5CC[C@@H](CCC)[C@H]5C[C@@H]12)[C@H]3C4. The topological polar surface area (TPSA) is 0 Å². The van der Waals surface area contributed by atoms with Crippen LogP contribution >= 0.6 is 0 Å². The van der Waals surface area contributed by atoms with Crippen molar-refractivity contribution in [1.29, 1.82) is 0 Å². The average Bonchev–Trinajstić information content (AvgIpc) is 3.63. The lowest BCUT2D eigenvalue weighted by Crippen LogP contribution is -2.38. The maximum atomic E-state index is 2.48. The van der Waals surface area contributed by atoms with Gasteiger partial charge in [-0.3, -0.25) is 0 Å². The van der Waals surface area contributed by atoms with Crippen LogP contribution in [0.15, 0.2) is 0 Å². The van der Waals surface area contributed by atoms with Gasteiger partial charge in [-0.1, -0.05) is 78.6 Å². The van der Waals surface area contributed by atoms with Crippen molar-refractivity contribution in [3.8, 4) is 0 Å². The zero-order valence-electron chi connectivity index (χ0n) is 26.1. The third kappa shape index (κ3) is 5.33. The first-order chi connectivity index (χ1) is 18.7. The summed E-state index contributed by atoms with van der Waals surface area (Å²) in [6.07, 6.45) is 36.3. The van der Waals surface area contributed by atoms with Crippen LogP contribution in [0.25, 0.3) is 0 Å². The van der Waals surface area contributed by atoms with Crippen LogP contribution < -0.4 is 0 Å². The van der Waals surface area contributed by atoms with Crippen molar-refractivity contribution in [2.45, 2.75) is 168 Å². The molecule has 6 aliphatic rings. The Hall–Kier alpha value is 0. The number of fused-ring (bicyclic) bond motifs is 2. The summed E-state index contributed by atoms with van der Waals surface area (Å²) in [5, 5.41) is 0. The highest BCUT2D eigenvalue weighted by molar-refractivity contribution is 5.06. The van der Waals surface area contributed by atoms with Gasteiger partial charge in [-0.25, -0.2) is 0 Å². The minimum atomic E-state index is 0.752. The molecule has 0 heteroatoms. The largest absolute Gasteiger partial charge is 0.0654 e. The molecule has 0 radical (unpaired) electrons. The lowest BCUT2D eigenvalue weighted by molar-refractivity contribution is 0.0349. The lowest BCUT2D eigenvalue weighted by Gasteiger charge is -2.46. The number of hydrogen-bond donors (Lipinski definition) is 0. The standard InChI is InChI=1S/C38H66/c1-4-7-11-28-15-19-32-24-34-21-20-33(13-8-5-2)38(34)22-9-12-29-16-18-31(37(29)26-38)23-30-17-14-27(10-6-3)35(30)25-36(28)32/h27-37H,4-26H2,1-3H3/t27-,28+,29+,30-,31+,32+,33-,34-,35-,36+,37+,38-/m1/s1. The molecule has 1 spiro atoms. The molecule has 0 amide bonds. The van der Waals surface area contributed by atoms with Crippen LogP contribution in [0.2, 0.25) is 0 Å². The second-order valence-corrected chi connectivity index (χ2v) is 16.4. The van der Waals surface area contributed by atoms with Crippen LogP contribution in [0.4, 0.5) is 0 Å². The molecule has 6 saturated carbocycles. The minimum absolute atomic E-state index is 0.752. The van der Waals surface area contributed by atoms with E-state index in [1.165, 1.54) is 32.1 Å². The highest BCUT2D eigenvalue weighted by atomic mass is 14.6. The third-order valence-electron chi connectivity index (χ3n) is 14.9. The molecule has 6 fully saturated rings. The van der Waals surface area contributed by atoms with Crippen LogP contribution in [0.1, 0.15) is 168 Å². The molecule has 0 saturated heterocycles. The summed E-state index contributed by atoms with van der Waals surface area (Å²) in [4.78, 5) is 0. The fourth-order valence-corrected chi connectivity index (χ4v) is 13.2. The van der Waals surface area contributed by atoms with E-state index in [4.69, 9.17) is 0 Å². The van der Waals surface area contributed by atoms with Crippen LogP contribution in [0, 0.1) is 70.5 Å². The van der Waals surface area contributed by atoms with E-state index in [1.807, 2.05) is 0 Å². The Bertz CT molecular complexity index is 738. The number of rotatable bonds is 8. The summed E-state index contributed by atoms with van der Waals surface area (Å²) >= 11 is 0.